The summed E-state index contributed by atoms with van der Waals surface area (Å²) >= 11 is 0. The van der Waals surface area contributed by atoms with Gasteiger partial charge in [0.25, 0.3) is 0 Å². The number of amides is 1. The Kier molecular flexibility index (Phi) is 10.6. The Morgan fingerprint density at radius 3 is 2.28 bits per heavy atom. The molecular weight excluding hydrogens is 406 g/mol. The van der Waals surface area contributed by atoms with Crippen molar-refractivity contribution < 1.29 is 24.2 Å². The van der Waals surface area contributed by atoms with Crippen molar-refractivity contribution in [1.82, 2.24) is 5.32 Å². The van der Waals surface area contributed by atoms with Crippen molar-refractivity contribution in [1.29, 1.82) is 0 Å². The number of carboxylic acids is 1. The first kappa shape index (κ1) is 25.2. The van der Waals surface area contributed by atoms with Crippen molar-refractivity contribution >= 4 is 11.9 Å². The summed E-state index contributed by atoms with van der Waals surface area (Å²) in [6, 6.07) is 12.1. The average molecular weight is 442 g/mol. The molecule has 0 aliphatic rings. The van der Waals surface area contributed by atoms with E-state index in [1.165, 1.54) is 19.3 Å². The number of hydrogen-bond acceptors (Lipinski definition) is 4. The zero-order chi connectivity index (χ0) is 23.3. The molecule has 2 N–H and O–H groups in total. The molecule has 0 saturated carbocycles. The molecule has 2 rings (SSSR count). The SMILES string of the molecule is COc1cc(CNC(=O)CCCCCCC(C)C)ccc1OCc1ccc(C(=O)O)cc1. The Hall–Kier alpha value is -3.02. The molecule has 0 unspecified atom stereocenters. The smallest absolute Gasteiger partial charge is 0.335 e. The summed E-state index contributed by atoms with van der Waals surface area (Å²) in [4.78, 5) is 23.0. The molecule has 0 spiro atoms. The van der Waals surface area contributed by atoms with Crippen molar-refractivity contribution in [3.05, 3.63) is 59.2 Å². The summed E-state index contributed by atoms with van der Waals surface area (Å²) in [7, 11) is 1.57. The van der Waals surface area contributed by atoms with Crippen LogP contribution in [0.25, 0.3) is 0 Å². The van der Waals surface area contributed by atoms with E-state index >= 15 is 0 Å². The summed E-state index contributed by atoms with van der Waals surface area (Å²) in [5.41, 5.74) is 2.03. The summed E-state index contributed by atoms with van der Waals surface area (Å²) in [5.74, 6) is 1.04. The Bertz CT molecular complexity index is 861. The maximum absolute atomic E-state index is 12.1. The monoisotopic (exact) mass is 441 g/mol. The summed E-state index contributed by atoms with van der Waals surface area (Å²) < 4.78 is 11.3. The van der Waals surface area contributed by atoms with Crippen molar-refractivity contribution in [3.8, 4) is 11.5 Å². The first-order valence-corrected chi connectivity index (χ1v) is 11.3. The van der Waals surface area contributed by atoms with Crippen molar-refractivity contribution in [3.63, 3.8) is 0 Å². The molecule has 0 atom stereocenters. The van der Waals surface area contributed by atoms with Gasteiger partial charge in [-0.3, -0.25) is 4.79 Å². The largest absolute Gasteiger partial charge is 0.493 e. The number of rotatable bonds is 14. The number of methoxy groups -OCH3 is 1. The van der Waals surface area contributed by atoms with E-state index in [9.17, 15) is 9.59 Å². The van der Waals surface area contributed by atoms with Gasteiger partial charge in [-0.25, -0.2) is 4.79 Å². The van der Waals surface area contributed by atoms with Crippen LogP contribution in [0.4, 0.5) is 0 Å². The van der Waals surface area contributed by atoms with Crippen molar-refractivity contribution in [2.45, 2.75) is 65.5 Å². The van der Waals surface area contributed by atoms with E-state index in [4.69, 9.17) is 14.6 Å². The van der Waals surface area contributed by atoms with Gasteiger partial charge in [0.05, 0.1) is 12.7 Å². The quantitative estimate of drug-likeness (QED) is 0.374. The lowest BCUT2D eigenvalue weighted by Crippen LogP contribution is -2.22. The maximum Gasteiger partial charge on any atom is 0.335 e. The zero-order valence-electron chi connectivity index (χ0n) is 19.4. The minimum absolute atomic E-state index is 0.0676. The van der Waals surface area contributed by atoms with Gasteiger partial charge in [0, 0.05) is 13.0 Å². The number of benzene rings is 2. The number of nitrogens with one attached hydrogen (secondary N) is 1. The van der Waals surface area contributed by atoms with Crippen LogP contribution in [-0.2, 0) is 17.9 Å². The lowest BCUT2D eigenvalue weighted by Gasteiger charge is -2.13. The molecule has 6 nitrogen and oxygen atoms in total. The summed E-state index contributed by atoms with van der Waals surface area (Å²) in [5, 5.41) is 11.9. The second-order valence-corrected chi connectivity index (χ2v) is 8.40. The van der Waals surface area contributed by atoms with Crippen LogP contribution < -0.4 is 14.8 Å². The molecule has 6 heteroatoms. The van der Waals surface area contributed by atoms with E-state index in [1.54, 1.807) is 31.4 Å². The third-order valence-corrected chi connectivity index (χ3v) is 5.25. The van der Waals surface area contributed by atoms with Crippen LogP contribution in [0.5, 0.6) is 11.5 Å². The van der Waals surface area contributed by atoms with Gasteiger partial charge in [-0.2, -0.15) is 0 Å². The predicted octanol–water partition coefficient (Wildman–Crippen LogP) is 5.59. The highest BCUT2D eigenvalue weighted by atomic mass is 16.5. The first-order valence-electron chi connectivity index (χ1n) is 11.3. The molecule has 2 aromatic rings. The molecule has 0 bridgehead atoms. The second-order valence-electron chi connectivity index (χ2n) is 8.40. The van der Waals surface area contributed by atoms with E-state index in [2.05, 4.69) is 19.2 Å². The normalized spacial score (nSPS) is 10.8. The fraction of sp³-hybridized carbons (Fsp3) is 0.462. The number of hydrogen-bond donors (Lipinski definition) is 2. The molecule has 0 heterocycles. The Morgan fingerprint density at radius 1 is 0.938 bits per heavy atom. The number of carbonyl (C=O) groups is 2. The van der Waals surface area contributed by atoms with E-state index < -0.39 is 5.97 Å². The van der Waals surface area contributed by atoms with Crippen LogP contribution in [0, 0.1) is 5.92 Å². The third kappa shape index (κ3) is 9.00. The highest BCUT2D eigenvalue weighted by molar-refractivity contribution is 5.87. The molecule has 174 valence electrons. The second kappa shape index (κ2) is 13.4. The molecule has 0 aromatic heterocycles. The summed E-state index contributed by atoms with van der Waals surface area (Å²) in [6.45, 7) is 5.22. The Labute approximate surface area is 190 Å². The molecule has 1 amide bonds. The number of carboxylic acid groups (broad SMARTS) is 1. The highest BCUT2D eigenvalue weighted by Gasteiger charge is 2.09. The minimum atomic E-state index is -0.955. The average Bonchev–Trinajstić information content (AvgIpc) is 2.78. The van der Waals surface area contributed by atoms with Crippen LogP contribution in [-0.4, -0.2) is 24.1 Å². The van der Waals surface area contributed by atoms with Gasteiger partial charge >= 0.3 is 5.97 Å². The molecule has 0 aliphatic carbocycles. The topological polar surface area (TPSA) is 84.9 Å². The van der Waals surface area contributed by atoms with Gasteiger partial charge in [0.1, 0.15) is 6.61 Å². The van der Waals surface area contributed by atoms with E-state index in [1.807, 2.05) is 18.2 Å². The molecule has 0 radical (unpaired) electrons. The zero-order valence-corrected chi connectivity index (χ0v) is 19.4. The number of carbonyl (C=O) groups excluding carboxylic acids is 1. The number of ether oxygens (including phenoxy) is 2. The fourth-order valence-corrected chi connectivity index (χ4v) is 3.33. The lowest BCUT2D eigenvalue weighted by atomic mass is 10.0. The van der Waals surface area contributed by atoms with Gasteiger partial charge in [-0.05, 0) is 47.7 Å². The maximum atomic E-state index is 12.1. The van der Waals surface area contributed by atoms with Gasteiger partial charge < -0.3 is 19.9 Å². The Balaban J connectivity index is 1.77. The molecule has 2 aromatic carbocycles. The van der Waals surface area contributed by atoms with Crippen molar-refractivity contribution in [2.24, 2.45) is 5.92 Å². The van der Waals surface area contributed by atoms with Crippen LogP contribution in [0.3, 0.4) is 0 Å². The van der Waals surface area contributed by atoms with E-state index in [-0.39, 0.29) is 11.5 Å². The third-order valence-electron chi connectivity index (χ3n) is 5.25. The standard InChI is InChI=1S/C26H35NO5/c1-19(2)8-6-4-5-7-9-25(28)27-17-21-12-15-23(24(16-21)31-3)32-18-20-10-13-22(14-11-20)26(29)30/h10-16,19H,4-9,17-18H2,1-3H3,(H,27,28)(H,29,30). The predicted molar refractivity (Wildman–Crippen MR) is 125 cm³/mol. The van der Waals surface area contributed by atoms with Crippen LogP contribution in [0.15, 0.2) is 42.5 Å². The first-order chi connectivity index (χ1) is 15.4. The van der Waals surface area contributed by atoms with Crippen molar-refractivity contribution in [2.75, 3.05) is 7.11 Å². The fourth-order valence-electron chi connectivity index (χ4n) is 3.33. The number of unbranched alkanes of at least 4 members (excludes halogenated alkanes) is 3. The minimum Gasteiger partial charge on any atom is -0.493 e. The van der Waals surface area contributed by atoms with Crippen LogP contribution >= 0.6 is 0 Å². The van der Waals surface area contributed by atoms with Gasteiger partial charge in [0.2, 0.25) is 5.91 Å². The van der Waals surface area contributed by atoms with E-state index in [0.29, 0.717) is 31.1 Å². The Morgan fingerprint density at radius 2 is 1.62 bits per heavy atom. The lowest BCUT2D eigenvalue weighted by molar-refractivity contribution is -0.121. The van der Waals surface area contributed by atoms with Crippen LogP contribution in [0.1, 0.15) is 73.9 Å². The molecule has 0 aliphatic heterocycles. The molecular formula is C26H35NO5. The van der Waals surface area contributed by atoms with Gasteiger partial charge in [-0.1, -0.05) is 57.7 Å². The number of aromatic carboxylic acids is 1. The summed E-state index contributed by atoms with van der Waals surface area (Å²) in [6.07, 6.45) is 6.26. The van der Waals surface area contributed by atoms with Crippen LogP contribution in [0.2, 0.25) is 0 Å². The van der Waals surface area contributed by atoms with E-state index in [0.717, 1.165) is 29.9 Å². The molecule has 0 saturated heterocycles. The molecule has 32 heavy (non-hydrogen) atoms. The van der Waals surface area contributed by atoms with Gasteiger partial charge in [0.15, 0.2) is 11.5 Å². The highest BCUT2D eigenvalue weighted by Crippen LogP contribution is 2.29. The van der Waals surface area contributed by atoms with Gasteiger partial charge in [-0.15, -0.1) is 0 Å². The molecule has 0 fully saturated rings.